The molecule has 0 saturated heterocycles. The van der Waals surface area contributed by atoms with Crippen LogP contribution >= 0.6 is 0 Å². The Morgan fingerprint density at radius 2 is 1.75 bits per heavy atom. The normalized spacial score (nSPS) is 14.5. The van der Waals surface area contributed by atoms with Gasteiger partial charge in [0.1, 0.15) is 17.4 Å². The Morgan fingerprint density at radius 3 is 2.44 bits per heavy atom. The van der Waals surface area contributed by atoms with Gasteiger partial charge in [0.05, 0.1) is 12.7 Å². The number of methoxy groups -OCH3 is 1. The van der Waals surface area contributed by atoms with E-state index in [1.807, 2.05) is 18.2 Å². The van der Waals surface area contributed by atoms with E-state index in [4.69, 9.17) is 9.15 Å². The smallest absolute Gasteiger partial charge is 0.176 e. The first kappa shape index (κ1) is 20.5. The number of benzene rings is 3. The molecule has 0 unspecified atom stereocenters. The van der Waals surface area contributed by atoms with Crippen molar-refractivity contribution in [3.05, 3.63) is 95.6 Å². The van der Waals surface area contributed by atoms with Crippen LogP contribution in [0.2, 0.25) is 0 Å². The van der Waals surface area contributed by atoms with Gasteiger partial charge in [-0.3, -0.25) is 4.90 Å². The van der Waals surface area contributed by atoms with Crippen LogP contribution in [0.1, 0.15) is 17.5 Å². The monoisotopic (exact) mass is 431 g/mol. The highest BCUT2D eigenvalue weighted by molar-refractivity contribution is 5.88. The number of hydrogen-bond donors (Lipinski definition) is 0. The molecule has 0 fully saturated rings. The molecule has 4 aromatic rings. The largest absolute Gasteiger partial charge is 0.493 e. The third-order valence-electron chi connectivity index (χ3n) is 5.92. The Morgan fingerprint density at radius 1 is 0.969 bits per heavy atom. The van der Waals surface area contributed by atoms with E-state index in [9.17, 15) is 8.78 Å². The maximum atomic E-state index is 14.2. The summed E-state index contributed by atoms with van der Waals surface area (Å²) in [4.78, 5) is 2.37. The number of hydrogen-bond acceptors (Lipinski definition) is 3. The fraction of sp³-hybridized carbons (Fsp3) is 0.185. The van der Waals surface area contributed by atoms with Crippen molar-refractivity contribution >= 4 is 16.5 Å². The van der Waals surface area contributed by atoms with Gasteiger partial charge in [0.25, 0.3) is 0 Å². The second-order valence-electron chi connectivity index (χ2n) is 8.00. The lowest BCUT2D eigenvalue weighted by atomic mass is 9.99. The maximum absolute atomic E-state index is 14.2. The minimum Gasteiger partial charge on any atom is -0.493 e. The molecule has 0 bridgehead atoms. The van der Waals surface area contributed by atoms with Gasteiger partial charge < -0.3 is 9.15 Å². The number of nitrogens with zero attached hydrogens (tertiary/aromatic N) is 1. The summed E-state index contributed by atoms with van der Waals surface area (Å²) in [5.74, 6) is -0.604. The molecule has 2 heterocycles. The van der Waals surface area contributed by atoms with E-state index < -0.39 is 11.6 Å². The van der Waals surface area contributed by atoms with Crippen molar-refractivity contribution in [2.24, 2.45) is 0 Å². The van der Waals surface area contributed by atoms with Gasteiger partial charge in [-0.05, 0) is 53.5 Å². The van der Waals surface area contributed by atoms with Gasteiger partial charge in [-0.2, -0.15) is 0 Å². The molecule has 0 amide bonds. The summed E-state index contributed by atoms with van der Waals surface area (Å²) in [5, 5.41) is 0.759. The molecule has 0 atom stereocenters. The van der Waals surface area contributed by atoms with Crippen LogP contribution in [-0.2, 0) is 6.54 Å². The second-order valence-corrected chi connectivity index (χ2v) is 8.00. The Bertz CT molecular complexity index is 1270. The van der Waals surface area contributed by atoms with E-state index in [0.29, 0.717) is 11.3 Å². The molecule has 1 aliphatic heterocycles. The van der Waals surface area contributed by atoms with Crippen LogP contribution in [-0.4, -0.2) is 25.1 Å². The van der Waals surface area contributed by atoms with Crippen molar-refractivity contribution in [1.82, 2.24) is 4.90 Å². The van der Waals surface area contributed by atoms with Crippen LogP contribution in [0, 0.1) is 11.6 Å². The molecule has 1 aromatic heterocycles. The highest BCUT2D eigenvalue weighted by atomic mass is 19.1. The minimum atomic E-state index is -0.655. The molecule has 0 N–H and O–H groups in total. The predicted molar refractivity (Wildman–Crippen MR) is 122 cm³/mol. The van der Waals surface area contributed by atoms with Gasteiger partial charge in [0.15, 0.2) is 11.3 Å². The Hall–Kier alpha value is -3.44. The summed E-state index contributed by atoms with van der Waals surface area (Å²) in [5.41, 5.74) is 4.04. The summed E-state index contributed by atoms with van der Waals surface area (Å²) in [6.45, 7) is 2.57. The highest BCUT2D eigenvalue weighted by Crippen LogP contribution is 2.37. The van der Waals surface area contributed by atoms with Crippen LogP contribution < -0.4 is 4.74 Å². The fourth-order valence-corrected chi connectivity index (χ4v) is 4.31. The number of furan rings is 1. The third kappa shape index (κ3) is 3.92. The van der Waals surface area contributed by atoms with Gasteiger partial charge in [0, 0.05) is 25.0 Å². The second kappa shape index (κ2) is 8.60. The number of rotatable bonds is 5. The first-order valence-corrected chi connectivity index (χ1v) is 10.6. The number of halogens is 2. The summed E-state index contributed by atoms with van der Waals surface area (Å²) in [7, 11) is 1.57. The van der Waals surface area contributed by atoms with E-state index in [-0.39, 0.29) is 11.3 Å². The SMILES string of the molecule is COc1cc(CN2CC=C(c3ccccc3)CC2)cc2cc(-c3c(F)cccc3F)oc12. The Balaban J connectivity index is 1.41. The van der Waals surface area contributed by atoms with Gasteiger partial charge in [0.2, 0.25) is 0 Å². The molecule has 162 valence electrons. The molecular formula is C27H23F2NO2. The summed E-state index contributed by atoms with van der Waals surface area (Å²) in [6, 6.07) is 19.9. The lowest BCUT2D eigenvalue weighted by Crippen LogP contribution is -2.28. The van der Waals surface area contributed by atoms with Crippen LogP contribution in [0.15, 0.2) is 77.2 Å². The Kier molecular flexibility index (Phi) is 5.50. The topological polar surface area (TPSA) is 25.6 Å². The Labute approximate surface area is 185 Å². The molecule has 32 heavy (non-hydrogen) atoms. The zero-order valence-electron chi connectivity index (χ0n) is 17.8. The van der Waals surface area contributed by atoms with Crippen molar-refractivity contribution in [3.8, 4) is 17.1 Å². The average Bonchev–Trinajstić information content (AvgIpc) is 3.23. The molecule has 0 spiro atoms. The first-order valence-electron chi connectivity index (χ1n) is 10.6. The van der Waals surface area contributed by atoms with Crippen LogP contribution in [0.4, 0.5) is 8.78 Å². The first-order chi connectivity index (χ1) is 15.6. The molecule has 5 rings (SSSR count). The van der Waals surface area contributed by atoms with Crippen molar-refractivity contribution in [1.29, 1.82) is 0 Å². The van der Waals surface area contributed by atoms with Crippen molar-refractivity contribution in [2.75, 3.05) is 20.2 Å². The van der Waals surface area contributed by atoms with E-state index in [1.165, 1.54) is 29.3 Å². The zero-order valence-corrected chi connectivity index (χ0v) is 17.8. The molecule has 3 aromatic carbocycles. The third-order valence-corrected chi connectivity index (χ3v) is 5.92. The van der Waals surface area contributed by atoms with Gasteiger partial charge in [-0.15, -0.1) is 0 Å². The van der Waals surface area contributed by atoms with E-state index >= 15 is 0 Å². The molecular weight excluding hydrogens is 408 g/mol. The van der Waals surface area contributed by atoms with Crippen molar-refractivity contribution in [3.63, 3.8) is 0 Å². The molecule has 0 radical (unpaired) electrons. The van der Waals surface area contributed by atoms with Gasteiger partial charge in [-0.25, -0.2) is 8.78 Å². The zero-order chi connectivity index (χ0) is 22.1. The number of fused-ring (bicyclic) bond motifs is 1. The van der Waals surface area contributed by atoms with Crippen LogP contribution in [0.3, 0.4) is 0 Å². The molecule has 1 aliphatic rings. The van der Waals surface area contributed by atoms with Crippen molar-refractivity contribution < 1.29 is 17.9 Å². The summed E-state index contributed by atoms with van der Waals surface area (Å²) in [6.07, 6.45) is 3.28. The fourth-order valence-electron chi connectivity index (χ4n) is 4.31. The molecule has 5 heteroatoms. The van der Waals surface area contributed by atoms with Gasteiger partial charge in [-0.1, -0.05) is 42.5 Å². The van der Waals surface area contributed by atoms with E-state index in [2.05, 4.69) is 35.2 Å². The quantitative estimate of drug-likeness (QED) is 0.353. The summed E-state index contributed by atoms with van der Waals surface area (Å²) >= 11 is 0. The number of ether oxygens (including phenoxy) is 1. The van der Waals surface area contributed by atoms with E-state index in [0.717, 1.165) is 37.0 Å². The lowest BCUT2D eigenvalue weighted by Gasteiger charge is -2.26. The van der Waals surface area contributed by atoms with Crippen molar-refractivity contribution in [2.45, 2.75) is 13.0 Å². The molecule has 3 nitrogen and oxygen atoms in total. The standard InChI is InChI=1S/C27H23F2NO2/c1-31-25-15-18(17-30-12-10-20(11-13-30)19-6-3-2-4-7-19)14-21-16-24(32-27(21)25)26-22(28)8-5-9-23(26)29/h2-10,14-16H,11-13,17H2,1H3. The predicted octanol–water partition coefficient (Wildman–Crippen LogP) is 6.68. The van der Waals surface area contributed by atoms with Gasteiger partial charge >= 0.3 is 0 Å². The summed E-state index contributed by atoms with van der Waals surface area (Å²) < 4.78 is 39.8. The van der Waals surface area contributed by atoms with Crippen LogP contribution in [0.5, 0.6) is 5.75 Å². The average molecular weight is 431 g/mol. The maximum Gasteiger partial charge on any atom is 0.176 e. The lowest BCUT2D eigenvalue weighted by molar-refractivity contribution is 0.293. The minimum absolute atomic E-state index is 0.152. The molecule has 0 saturated carbocycles. The molecule has 0 aliphatic carbocycles. The van der Waals surface area contributed by atoms with E-state index in [1.54, 1.807) is 13.2 Å². The van der Waals surface area contributed by atoms with Crippen LogP contribution in [0.25, 0.3) is 27.9 Å². The highest BCUT2D eigenvalue weighted by Gasteiger charge is 2.19.